The van der Waals surface area contributed by atoms with Crippen molar-refractivity contribution in [3.05, 3.63) is 72.6 Å². The molecule has 3 aromatic heterocycles. The highest BCUT2D eigenvalue weighted by Crippen LogP contribution is 2.35. The predicted octanol–water partition coefficient (Wildman–Crippen LogP) is 4.61. The molecular formula is C21H13F3N6. The van der Waals surface area contributed by atoms with Crippen LogP contribution in [0.5, 0.6) is 0 Å². The molecule has 5 rings (SSSR count). The lowest BCUT2D eigenvalue weighted by molar-refractivity contribution is -0.137. The number of halogens is 3. The lowest BCUT2D eigenvalue weighted by atomic mass is 10.0. The first-order chi connectivity index (χ1) is 14.4. The van der Waals surface area contributed by atoms with E-state index >= 15 is 0 Å². The molecule has 0 aliphatic rings. The first-order valence-electron chi connectivity index (χ1n) is 8.94. The second-order valence-electron chi connectivity index (χ2n) is 6.70. The normalized spacial score (nSPS) is 12.0. The Balaban J connectivity index is 1.75. The third-order valence-corrected chi connectivity index (χ3v) is 4.81. The number of pyridine rings is 1. The molecule has 5 aromatic rings. The molecule has 148 valence electrons. The van der Waals surface area contributed by atoms with E-state index in [-0.39, 0.29) is 0 Å². The number of benzene rings is 2. The SMILES string of the molecule is Nc1ncc(-c2ccc3ncc4nnc(-c5ccccc5)n4c3c2)cc1C(F)(F)F. The standard InChI is InChI=1S/C21H13F3N6/c22-21(23,24)15-8-14(10-27-19(15)25)13-6-7-16-17(9-13)30-18(11-26-16)28-29-20(30)12-4-2-1-3-5-12/h1-11H,(H2,25,27). The summed E-state index contributed by atoms with van der Waals surface area (Å²) in [6.45, 7) is 0. The zero-order valence-corrected chi connectivity index (χ0v) is 15.3. The van der Waals surface area contributed by atoms with Crippen molar-refractivity contribution in [3.63, 3.8) is 0 Å². The van der Waals surface area contributed by atoms with E-state index in [9.17, 15) is 13.2 Å². The molecule has 6 nitrogen and oxygen atoms in total. The molecule has 0 aliphatic heterocycles. The fourth-order valence-electron chi connectivity index (χ4n) is 3.37. The van der Waals surface area contributed by atoms with Crippen LogP contribution in [-0.2, 0) is 6.18 Å². The molecular weight excluding hydrogens is 393 g/mol. The van der Waals surface area contributed by atoms with Crippen LogP contribution < -0.4 is 5.73 Å². The summed E-state index contributed by atoms with van der Waals surface area (Å²) in [5.74, 6) is 0.0582. The molecule has 0 saturated heterocycles. The summed E-state index contributed by atoms with van der Waals surface area (Å²) in [5, 5.41) is 8.45. The third kappa shape index (κ3) is 2.91. The van der Waals surface area contributed by atoms with Crippen LogP contribution >= 0.6 is 0 Å². The molecule has 3 heterocycles. The Morgan fingerprint density at radius 2 is 1.60 bits per heavy atom. The van der Waals surface area contributed by atoms with Crippen molar-refractivity contribution >= 4 is 22.5 Å². The number of aromatic nitrogens is 5. The number of hydrogen-bond acceptors (Lipinski definition) is 5. The number of fused-ring (bicyclic) bond motifs is 3. The zero-order valence-electron chi connectivity index (χ0n) is 15.3. The van der Waals surface area contributed by atoms with E-state index in [1.807, 2.05) is 34.7 Å². The van der Waals surface area contributed by atoms with Crippen LogP contribution in [-0.4, -0.2) is 24.6 Å². The van der Waals surface area contributed by atoms with Crippen LogP contribution in [0.1, 0.15) is 5.56 Å². The molecule has 0 atom stereocenters. The molecule has 0 unspecified atom stereocenters. The second kappa shape index (κ2) is 6.51. The topological polar surface area (TPSA) is 82.0 Å². The van der Waals surface area contributed by atoms with Gasteiger partial charge in [-0.3, -0.25) is 9.38 Å². The second-order valence-corrected chi connectivity index (χ2v) is 6.70. The molecule has 0 radical (unpaired) electrons. The number of alkyl halides is 3. The van der Waals surface area contributed by atoms with Crippen LogP contribution in [0.25, 0.3) is 39.2 Å². The number of anilines is 1. The maximum absolute atomic E-state index is 13.3. The highest BCUT2D eigenvalue weighted by atomic mass is 19.4. The van der Waals surface area contributed by atoms with Gasteiger partial charge in [0.2, 0.25) is 0 Å². The van der Waals surface area contributed by atoms with E-state index in [0.29, 0.717) is 33.6 Å². The van der Waals surface area contributed by atoms with Gasteiger partial charge in [0.25, 0.3) is 0 Å². The van der Waals surface area contributed by atoms with E-state index in [4.69, 9.17) is 5.73 Å². The van der Waals surface area contributed by atoms with Crippen LogP contribution in [0, 0.1) is 0 Å². The number of nitrogens with zero attached hydrogens (tertiary/aromatic N) is 5. The summed E-state index contributed by atoms with van der Waals surface area (Å²) in [6.07, 6.45) is -1.66. The first-order valence-corrected chi connectivity index (χ1v) is 8.94. The van der Waals surface area contributed by atoms with Crippen molar-refractivity contribution in [2.24, 2.45) is 0 Å². The molecule has 0 saturated carbocycles. The zero-order chi connectivity index (χ0) is 20.9. The molecule has 0 spiro atoms. The Labute approximate surface area is 167 Å². The number of nitrogens with two attached hydrogens (primary N) is 1. The average Bonchev–Trinajstić information content (AvgIpc) is 3.18. The van der Waals surface area contributed by atoms with Crippen molar-refractivity contribution in [3.8, 4) is 22.5 Å². The Kier molecular flexibility index (Phi) is 3.92. The minimum absolute atomic E-state index is 0.296. The quantitative estimate of drug-likeness (QED) is 0.463. The van der Waals surface area contributed by atoms with E-state index in [1.54, 1.807) is 24.4 Å². The van der Waals surface area contributed by atoms with Crippen molar-refractivity contribution < 1.29 is 13.2 Å². The smallest absolute Gasteiger partial charge is 0.383 e. The van der Waals surface area contributed by atoms with Gasteiger partial charge >= 0.3 is 6.18 Å². The molecule has 9 heteroatoms. The van der Waals surface area contributed by atoms with E-state index in [0.717, 1.165) is 11.6 Å². The van der Waals surface area contributed by atoms with Crippen LogP contribution in [0.2, 0.25) is 0 Å². The lowest BCUT2D eigenvalue weighted by Gasteiger charge is -2.12. The Morgan fingerprint density at radius 1 is 0.800 bits per heavy atom. The van der Waals surface area contributed by atoms with Gasteiger partial charge in [-0.25, -0.2) is 4.98 Å². The number of rotatable bonds is 2. The molecule has 0 amide bonds. The van der Waals surface area contributed by atoms with Crippen molar-refractivity contribution in [2.45, 2.75) is 6.18 Å². The summed E-state index contributed by atoms with van der Waals surface area (Å²) < 4.78 is 41.6. The summed E-state index contributed by atoms with van der Waals surface area (Å²) in [6, 6.07) is 15.7. The van der Waals surface area contributed by atoms with E-state index in [2.05, 4.69) is 20.2 Å². The fourth-order valence-corrected chi connectivity index (χ4v) is 3.37. The average molecular weight is 406 g/mol. The monoisotopic (exact) mass is 406 g/mol. The van der Waals surface area contributed by atoms with Crippen molar-refractivity contribution in [1.29, 1.82) is 0 Å². The maximum atomic E-state index is 13.3. The summed E-state index contributed by atoms with van der Waals surface area (Å²) in [7, 11) is 0. The van der Waals surface area contributed by atoms with Crippen LogP contribution in [0.15, 0.2) is 67.0 Å². The van der Waals surface area contributed by atoms with Gasteiger partial charge in [0.1, 0.15) is 5.82 Å². The minimum Gasteiger partial charge on any atom is -0.383 e. The predicted molar refractivity (Wildman–Crippen MR) is 106 cm³/mol. The number of hydrogen-bond donors (Lipinski definition) is 1. The van der Waals surface area contributed by atoms with Gasteiger partial charge in [-0.05, 0) is 23.8 Å². The highest BCUT2D eigenvalue weighted by molar-refractivity contribution is 5.85. The van der Waals surface area contributed by atoms with Gasteiger partial charge in [0.15, 0.2) is 11.5 Å². The Hall–Kier alpha value is -4.01. The molecule has 30 heavy (non-hydrogen) atoms. The van der Waals surface area contributed by atoms with E-state index in [1.165, 1.54) is 6.20 Å². The lowest BCUT2D eigenvalue weighted by Crippen LogP contribution is -2.10. The molecule has 0 bridgehead atoms. The maximum Gasteiger partial charge on any atom is 0.419 e. The largest absolute Gasteiger partial charge is 0.419 e. The summed E-state index contributed by atoms with van der Waals surface area (Å²) in [4.78, 5) is 8.11. The Morgan fingerprint density at radius 3 is 2.37 bits per heavy atom. The molecule has 0 fully saturated rings. The van der Waals surface area contributed by atoms with E-state index < -0.39 is 17.6 Å². The number of nitrogen functional groups attached to an aromatic ring is 1. The van der Waals surface area contributed by atoms with Gasteiger partial charge in [0.05, 0.1) is 22.8 Å². The van der Waals surface area contributed by atoms with Crippen molar-refractivity contribution in [1.82, 2.24) is 24.6 Å². The fraction of sp³-hybridized carbons (Fsp3) is 0.0476. The molecule has 0 aliphatic carbocycles. The summed E-state index contributed by atoms with van der Waals surface area (Å²) in [5.41, 5.74) is 8.01. The van der Waals surface area contributed by atoms with Crippen LogP contribution in [0.3, 0.4) is 0 Å². The third-order valence-electron chi connectivity index (χ3n) is 4.81. The Bertz CT molecular complexity index is 1390. The van der Waals surface area contributed by atoms with Gasteiger partial charge < -0.3 is 5.73 Å². The van der Waals surface area contributed by atoms with Gasteiger partial charge in [-0.15, -0.1) is 10.2 Å². The summed E-state index contributed by atoms with van der Waals surface area (Å²) >= 11 is 0. The van der Waals surface area contributed by atoms with Gasteiger partial charge in [-0.2, -0.15) is 13.2 Å². The minimum atomic E-state index is -4.59. The van der Waals surface area contributed by atoms with Crippen molar-refractivity contribution in [2.75, 3.05) is 5.73 Å². The highest BCUT2D eigenvalue weighted by Gasteiger charge is 2.34. The van der Waals surface area contributed by atoms with Gasteiger partial charge in [-0.1, -0.05) is 36.4 Å². The van der Waals surface area contributed by atoms with Crippen LogP contribution in [0.4, 0.5) is 19.0 Å². The first kappa shape index (κ1) is 18.0. The molecule has 2 aromatic carbocycles. The van der Waals surface area contributed by atoms with Gasteiger partial charge in [0, 0.05) is 17.3 Å². The molecule has 2 N–H and O–H groups in total.